The second-order valence-electron chi connectivity index (χ2n) is 4.24. The Labute approximate surface area is 106 Å². The van der Waals surface area contributed by atoms with Crippen LogP contribution in [-0.4, -0.2) is 5.78 Å². The lowest BCUT2D eigenvalue weighted by Gasteiger charge is -2.21. The highest BCUT2D eigenvalue weighted by molar-refractivity contribution is 7.10. The first kappa shape index (κ1) is 12.1. The number of carbonyl (C=O) groups is 1. The fraction of sp³-hybridized carbons (Fsp3) is 0.267. The van der Waals surface area contributed by atoms with Gasteiger partial charge >= 0.3 is 0 Å². The number of carbonyl (C=O) groups excluding carboxylic acids is 1. The molecule has 1 aliphatic carbocycles. The monoisotopic (exact) mass is 244 g/mol. The van der Waals surface area contributed by atoms with Crippen LogP contribution in [0.4, 0.5) is 0 Å². The Hall–Kier alpha value is -1.41. The highest BCUT2D eigenvalue weighted by Crippen LogP contribution is 2.32. The lowest BCUT2D eigenvalue weighted by Crippen LogP contribution is -2.21. The van der Waals surface area contributed by atoms with Crippen molar-refractivity contribution in [3.05, 3.63) is 58.8 Å². The molecule has 17 heavy (non-hydrogen) atoms. The summed E-state index contributed by atoms with van der Waals surface area (Å²) in [5.41, 5.74) is 2.03. The molecule has 1 heterocycles. The van der Waals surface area contributed by atoms with Crippen molar-refractivity contribution in [1.82, 2.24) is 0 Å². The highest BCUT2D eigenvalue weighted by Gasteiger charge is 2.28. The molecule has 1 nitrogen and oxygen atoms in total. The van der Waals surface area contributed by atoms with Gasteiger partial charge in [0.15, 0.2) is 5.78 Å². The van der Waals surface area contributed by atoms with E-state index in [4.69, 9.17) is 0 Å². The Morgan fingerprint density at radius 3 is 3.06 bits per heavy atom. The van der Waals surface area contributed by atoms with Crippen molar-refractivity contribution in [3.8, 4) is 0 Å². The molecule has 1 aromatic rings. The maximum Gasteiger partial charge on any atom is 0.167 e. The molecule has 1 aromatic heterocycles. The molecule has 0 spiro atoms. The van der Waals surface area contributed by atoms with Gasteiger partial charge in [0.25, 0.3) is 0 Å². The molecule has 0 saturated carbocycles. The summed E-state index contributed by atoms with van der Waals surface area (Å²) in [5.74, 6) is 0.408. The molecule has 1 unspecified atom stereocenters. The number of thiophene rings is 1. The number of ketones is 1. The molecule has 0 saturated heterocycles. The van der Waals surface area contributed by atoms with E-state index < -0.39 is 0 Å². The minimum atomic E-state index is 0.112. The zero-order valence-electron chi connectivity index (χ0n) is 9.82. The molecule has 0 fully saturated rings. The summed E-state index contributed by atoms with van der Waals surface area (Å²) in [6.07, 6.45) is 8.27. The molecular weight excluding hydrogens is 228 g/mol. The molecule has 88 valence electrons. The van der Waals surface area contributed by atoms with Crippen molar-refractivity contribution in [2.45, 2.75) is 19.3 Å². The van der Waals surface area contributed by atoms with Gasteiger partial charge in [-0.2, -0.15) is 0 Å². The van der Waals surface area contributed by atoms with Crippen molar-refractivity contribution < 1.29 is 4.79 Å². The molecule has 0 bridgehead atoms. The van der Waals surface area contributed by atoms with Gasteiger partial charge in [0.2, 0.25) is 0 Å². The van der Waals surface area contributed by atoms with Crippen LogP contribution in [0.25, 0.3) is 0 Å². The zero-order chi connectivity index (χ0) is 12.3. The van der Waals surface area contributed by atoms with Crippen LogP contribution >= 0.6 is 11.3 Å². The van der Waals surface area contributed by atoms with Crippen LogP contribution in [0, 0.1) is 5.92 Å². The molecule has 0 N–H and O–H groups in total. The van der Waals surface area contributed by atoms with E-state index in [0.29, 0.717) is 5.78 Å². The van der Waals surface area contributed by atoms with Crippen molar-refractivity contribution in [3.63, 3.8) is 0 Å². The lowest BCUT2D eigenvalue weighted by atomic mass is 9.83. The fourth-order valence-corrected chi connectivity index (χ4v) is 3.16. The molecular formula is C15H16OS. The summed E-state index contributed by atoms with van der Waals surface area (Å²) in [5, 5.41) is 2.01. The zero-order valence-corrected chi connectivity index (χ0v) is 10.6. The third-order valence-corrected chi connectivity index (χ3v) is 4.16. The number of Topliss-reactive ketones (excluding diaryl/α,β-unsaturated/α-hetero) is 1. The summed E-state index contributed by atoms with van der Waals surface area (Å²) >= 11 is 1.69. The first-order valence-corrected chi connectivity index (χ1v) is 6.69. The first-order chi connectivity index (χ1) is 8.26. The van der Waals surface area contributed by atoms with E-state index in [9.17, 15) is 4.79 Å². The summed E-state index contributed by atoms with van der Waals surface area (Å²) < 4.78 is 0. The van der Waals surface area contributed by atoms with Gasteiger partial charge in [-0.05, 0) is 36.3 Å². The van der Waals surface area contributed by atoms with E-state index in [0.717, 1.165) is 30.4 Å². The van der Waals surface area contributed by atoms with Crippen molar-refractivity contribution in [1.29, 1.82) is 0 Å². The largest absolute Gasteiger partial charge is 0.294 e. The van der Waals surface area contributed by atoms with Crippen LogP contribution in [-0.2, 0) is 6.42 Å². The molecule has 2 heteroatoms. The van der Waals surface area contributed by atoms with Gasteiger partial charge in [-0.3, -0.25) is 4.79 Å². The van der Waals surface area contributed by atoms with E-state index in [-0.39, 0.29) is 5.92 Å². The SMILES string of the molecule is C=C/C=C(\C=C)CC1CCc2sccc2C1=O. The fourth-order valence-electron chi connectivity index (χ4n) is 2.26. The third-order valence-electron chi connectivity index (χ3n) is 3.18. The standard InChI is InChI=1S/C15H16OS/c1-3-5-11(4-2)10-12-6-7-14-13(15(12)16)8-9-17-14/h3-5,8-9,12H,1-2,6-7,10H2/b11-5+. The van der Waals surface area contributed by atoms with Crippen LogP contribution < -0.4 is 0 Å². The average molecular weight is 244 g/mol. The quantitative estimate of drug-likeness (QED) is 0.726. The molecule has 0 aliphatic heterocycles. The molecule has 1 atom stereocenters. The maximum atomic E-state index is 12.3. The van der Waals surface area contributed by atoms with E-state index >= 15 is 0 Å². The third kappa shape index (κ3) is 2.47. The number of aryl methyl sites for hydroxylation is 1. The summed E-state index contributed by atoms with van der Waals surface area (Å²) in [6, 6.07) is 1.96. The van der Waals surface area contributed by atoms with E-state index in [1.807, 2.05) is 23.6 Å². The summed E-state index contributed by atoms with van der Waals surface area (Å²) in [4.78, 5) is 13.5. The second-order valence-corrected chi connectivity index (χ2v) is 5.24. The Kier molecular flexibility index (Phi) is 3.75. The van der Waals surface area contributed by atoms with Crippen LogP contribution in [0.2, 0.25) is 0 Å². The van der Waals surface area contributed by atoms with Gasteiger partial charge in [-0.1, -0.05) is 31.4 Å². The molecule has 0 amide bonds. The smallest absolute Gasteiger partial charge is 0.167 e. The van der Waals surface area contributed by atoms with Crippen LogP contribution in [0.15, 0.2) is 48.4 Å². The Morgan fingerprint density at radius 2 is 2.35 bits per heavy atom. The predicted molar refractivity (Wildman–Crippen MR) is 73.6 cm³/mol. The van der Waals surface area contributed by atoms with Crippen LogP contribution in [0.5, 0.6) is 0 Å². The van der Waals surface area contributed by atoms with Crippen molar-refractivity contribution in [2.24, 2.45) is 5.92 Å². The minimum Gasteiger partial charge on any atom is -0.294 e. The van der Waals surface area contributed by atoms with Gasteiger partial charge < -0.3 is 0 Å². The Balaban J connectivity index is 2.15. The van der Waals surface area contributed by atoms with Gasteiger partial charge in [-0.15, -0.1) is 11.3 Å². The molecule has 0 radical (unpaired) electrons. The summed E-state index contributed by atoms with van der Waals surface area (Å²) in [6.45, 7) is 7.46. The normalized spacial score (nSPS) is 19.9. The first-order valence-electron chi connectivity index (χ1n) is 5.81. The topological polar surface area (TPSA) is 17.1 Å². The van der Waals surface area contributed by atoms with Crippen molar-refractivity contribution in [2.75, 3.05) is 0 Å². The number of hydrogen-bond acceptors (Lipinski definition) is 2. The number of allylic oxidation sites excluding steroid dienone is 4. The minimum absolute atomic E-state index is 0.112. The van der Waals surface area contributed by atoms with Crippen molar-refractivity contribution >= 4 is 17.1 Å². The van der Waals surface area contributed by atoms with E-state index in [2.05, 4.69) is 13.2 Å². The second kappa shape index (κ2) is 5.28. The Bertz CT molecular complexity index is 479. The number of fused-ring (bicyclic) bond motifs is 1. The maximum absolute atomic E-state index is 12.3. The van der Waals surface area contributed by atoms with Gasteiger partial charge in [0.1, 0.15) is 0 Å². The van der Waals surface area contributed by atoms with Gasteiger partial charge in [-0.25, -0.2) is 0 Å². The van der Waals surface area contributed by atoms with Gasteiger partial charge in [0, 0.05) is 16.4 Å². The van der Waals surface area contributed by atoms with E-state index in [1.165, 1.54) is 4.88 Å². The lowest BCUT2D eigenvalue weighted by molar-refractivity contribution is 0.0903. The molecule has 2 rings (SSSR count). The molecule has 0 aromatic carbocycles. The Morgan fingerprint density at radius 1 is 1.53 bits per heavy atom. The van der Waals surface area contributed by atoms with Crippen LogP contribution in [0.3, 0.4) is 0 Å². The summed E-state index contributed by atoms with van der Waals surface area (Å²) in [7, 11) is 0. The molecule has 1 aliphatic rings. The number of hydrogen-bond donors (Lipinski definition) is 0. The average Bonchev–Trinajstić information content (AvgIpc) is 2.80. The predicted octanol–water partition coefficient (Wildman–Crippen LogP) is 4.18. The highest BCUT2D eigenvalue weighted by atomic mass is 32.1. The van der Waals surface area contributed by atoms with Gasteiger partial charge in [0.05, 0.1) is 0 Å². The van der Waals surface area contributed by atoms with E-state index in [1.54, 1.807) is 17.4 Å². The van der Waals surface area contributed by atoms with Crippen LogP contribution in [0.1, 0.15) is 28.1 Å². The number of rotatable bonds is 4.